The molecule has 0 fully saturated rings. The Morgan fingerprint density at radius 2 is 2.50 bits per heavy atom. The molecule has 1 aromatic rings. The number of hydrogen-bond acceptors (Lipinski definition) is 3. The molecule has 0 saturated carbocycles. The number of rotatable bonds is 4. The Balaban J connectivity index is 2.46. The Hall–Kier alpha value is -1.09. The van der Waals surface area contributed by atoms with Crippen LogP contribution in [0.15, 0.2) is 12.3 Å². The van der Waals surface area contributed by atoms with Gasteiger partial charge in [0.05, 0.1) is 0 Å². The number of aryl methyl sites for hydroxylation is 1. The second-order valence-corrected chi connectivity index (χ2v) is 2.60. The lowest BCUT2D eigenvalue weighted by atomic mass is 10.3. The van der Waals surface area contributed by atoms with Crippen LogP contribution in [0.4, 0.5) is 5.82 Å². The molecule has 1 aromatic heterocycles. The zero-order valence-corrected chi connectivity index (χ0v) is 7.17. The van der Waals surface area contributed by atoms with Gasteiger partial charge in [0.1, 0.15) is 5.82 Å². The van der Waals surface area contributed by atoms with Gasteiger partial charge < -0.3 is 10.4 Å². The van der Waals surface area contributed by atoms with Gasteiger partial charge in [-0.2, -0.15) is 0 Å². The van der Waals surface area contributed by atoms with Gasteiger partial charge >= 0.3 is 0 Å². The zero-order chi connectivity index (χ0) is 8.81. The normalized spacial score (nSPS) is 9.83. The summed E-state index contributed by atoms with van der Waals surface area (Å²) in [6.45, 7) is 2.95. The van der Waals surface area contributed by atoms with E-state index in [1.54, 1.807) is 6.20 Å². The number of hydrogen-bond donors (Lipinski definition) is 2. The summed E-state index contributed by atoms with van der Waals surface area (Å²) in [4.78, 5) is 4.10. The van der Waals surface area contributed by atoms with E-state index < -0.39 is 0 Å². The van der Waals surface area contributed by atoms with Crippen molar-refractivity contribution in [1.29, 1.82) is 0 Å². The fourth-order valence-corrected chi connectivity index (χ4v) is 0.905. The van der Waals surface area contributed by atoms with E-state index in [1.165, 1.54) is 0 Å². The largest absolute Gasteiger partial charge is 0.396 e. The molecule has 0 unspecified atom stereocenters. The Bertz CT molecular complexity index is 238. The van der Waals surface area contributed by atoms with Crippen LogP contribution in [0.3, 0.4) is 0 Å². The number of aromatic nitrogens is 1. The summed E-state index contributed by atoms with van der Waals surface area (Å²) in [5.41, 5.74) is 1.08. The van der Waals surface area contributed by atoms with Crippen LogP contribution in [-0.2, 0) is 0 Å². The highest BCUT2D eigenvalue weighted by atomic mass is 16.3. The minimum absolute atomic E-state index is 0.213. The summed E-state index contributed by atoms with van der Waals surface area (Å²) >= 11 is 0. The molecule has 0 bridgehead atoms. The van der Waals surface area contributed by atoms with Crippen LogP contribution in [-0.4, -0.2) is 23.2 Å². The average Bonchev–Trinajstić information content (AvgIpc) is 2.09. The molecular formula is C9H13N2O. The third-order valence-corrected chi connectivity index (χ3v) is 1.57. The Morgan fingerprint density at radius 3 is 3.17 bits per heavy atom. The summed E-state index contributed by atoms with van der Waals surface area (Å²) in [7, 11) is 0. The molecule has 1 rings (SSSR count). The van der Waals surface area contributed by atoms with Crippen molar-refractivity contribution in [3.63, 3.8) is 0 Å². The number of aliphatic hydroxyl groups is 1. The Kier molecular flexibility index (Phi) is 3.54. The number of nitrogens with one attached hydrogen (secondary N) is 1. The van der Waals surface area contributed by atoms with Crippen molar-refractivity contribution in [2.45, 2.75) is 13.3 Å². The van der Waals surface area contributed by atoms with E-state index in [2.05, 4.69) is 16.4 Å². The molecule has 2 N–H and O–H groups in total. The first-order valence-corrected chi connectivity index (χ1v) is 4.02. The second kappa shape index (κ2) is 4.72. The lowest BCUT2D eigenvalue weighted by Gasteiger charge is -2.05. The lowest BCUT2D eigenvalue weighted by molar-refractivity contribution is 0.292. The van der Waals surface area contributed by atoms with Crippen molar-refractivity contribution in [1.82, 2.24) is 4.98 Å². The third-order valence-electron chi connectivity index (χ3n) is 1.57. The molecule has 1 heterocycles. The van der Waals surface area contributed by atoms with Crippen molar-refractivity contribution in [3.8, 4) is 0 Å². The van der Waals surface area contributed by atoms with Crippen LogP contribution in [0.1, 0.15) is 12.0 Å². The molecule has 0 aromatic carbocycles. The van der Waals surface area contributed by atoms with Gasteiger partial charge in [-0.05, 0) is 25.0 Å². The first kappa shape index (κ1) is 9.00. The number of aliphatic hydroxyl groups excluding tert-OH is 1. The van der Waals surface area contributed by atoms with Crippen molar-refractivity contribution in [2.75, 3.05) is 18.5 Å². The molecule has 65 valence electrons. The van der Waals surface area contributed by atoms with Gasteiger partial charge in [0.2, 0.25) is 0 Å². The molecular weight excluding hydrogens is 152 g/mol. The maximum Gasteiger partial charge on any atom is 0.128 e. The molecule has 0 atom stereocenters. The van der Waals surface area contributed by atoms with Gasteiger partial charge in [0.15, 0.2) is 0 Å². The molecule has 0 aliphatic rings. The van der Waals surface area contributed by atoms with Crippen LogP contribution in [0.25, 0.3) is 0 Å². The molecule has 1 radical (unpaired) electrons. The van der Waals surface area contributed by atoms with E-state index in [0.717, 1.165) is 24.3 Å². The van der Waals surface area contributed by atoms with Crippen LogP contribution in [0, 0.1) is 13.0 Å². The van der Waals surface area contributed by atoms with Crippen molar-refractivity contribution >= 4 is 5.82 Å². The van der Waals surface area contributed by atoms with E-state index in [0.29, 0.717) is 0 Å². The Morgan fingerprint density at radius 1 is 1.67 bits per heavy atom. The maximum absolute atomic E-state index is 8.55. The molecule has 0 amide bonds. The summed E-state index contributed by atoms with van der Waals surface area (Å²) in [6, 6.07) is 4.77. The van der Waals surface area contributed by atoms with Gasteiger partial charge in [0, 0.05) is 25.4 Å². The van der Waals surface area contributed by atoms with E-state index in [-0.39, 0.29) is 6.61 Å². The fourth-order valence-electron chi connectivity index (χ4n) is 0.905. The number of nitrogens with zero attached hydrogens (tertiary/aromatic N) is 1. The highest BCUT2D eigenvalue weighted by Crippen LogP contribution is 2.07. The van der Waals surface area contributed by atoms with E-state index in [4.69, 9.17) is 5.11 Å². The first-order chi connectivity index (χ1) is 5.84. The maximum atomic E-state index is 8.55. The predicted octanol–water partition coefficient (Wildman–Crippen LogP) is 0.985. The molecule has 0 aliphatic carbocycles. The first-order valence-electron chi connectivity index (χ1n) is 4.02. The predicted molar refractivity (Wildman–Crippen MR) is 48.0 cm³/mol. The SMILES string of the molecule is Cc1c[c]cnc1NCCCO. The highest BCUT2D eigenvalue weighted by molar-refractivity contribution is 5.41. The van der Waals surface area contributed by atoms with Gasteiger partial charge in [-0.1, -0.05) is 0 Å². The minimum Gasteiger partial charge on any atom is -0.396 e. The lowest BCUT2D eigenvalue weighted by Crippen LogP contribution is -2.05. The molecule has 12 heavy (non-hydrogen) atoms. The summed E-state index contributed by atoms with van der Waals surface area (Å²) in [5.74, 6) is 0.877. The zero-order valence-electron chi connectivity index (χ0n) is 7.17. The molecule has 3 nitrogen and oxygen atoms in total. The smallest absolute Gasteiger partial charge is 0.128 e. The van der Waals surface area contributed by atoms with Crippen molar-refractivity contribution < 1.29 is 5.11 Å². The third kappa shape index (κ3) is 2.51. The van der Waals surface area contributed by atoms with Crippen molar-refractivity contribution in [2.24, 2.45) is 0 Å². The van der Waals surface area contributed by atoms with E-state index in [9.17, 15) is 0 Å². The van der Waals surface area contributed by atoms with Crippen LogP contribution < -0.4 is 5.32 Å². The van der Waals surface area contributed by atoms with Gasteiger partial charge in [-0.25, -0.2) is 4.98 Å². The summed E-state index contributed by atoms with van der Waals surface area (Å²) < 4.78 is 0. The molecule has 0 spiro atoms. The van der Waals surface area contributed by atoms with Gasteiger partial charge in [-0.3, -0.25) is 0 Å². The highest BCUT2D eigenvalue weighted by Gasteiger charge is 1.95. The molecule has 3 heteroatoms. The average molecular weight is 165 g/mol. The minimum atomic E-state index is 0.213. The van der Waals surface area contributed by atoms with E-state index in [1.807, 2.05) is 13.0 Å². The molecule has 0 aliphatic heterocycles. The molecule has 0 saturated heterocycles. The van der Waals surface area contributed by atoms with Crippen LogP contribution >= 0.6 is 0 Å². The summed E-state index contributed by atoms with van der Waals surface area (Å²) in [5, 5.41) is 11.7. The monoisotopic (exact) mass is 165 g/mol. The second-order valence-electron chi connectivity index (χ2n) is 2.60. The van der Waals surface area contributed by atoms with Gasteiger partial charge in [-0.15, -0.1) is 0 Å². The Labute approximate surface area is 72.5 Å². The van der Waals surface area contributed by atoms with Crippen molar-refractivity contribution in [3.05, 3.63) is 23.9 Å². The summed E-state index contributed by atoms with van der Waals surface area (Å²) in [6.07, 6.45) is 2.38. The van der Waals surface area contributed by atoms with Crippen LogP contribution in [0.5, 0.6) is 0 Å². The number of pyridine rings is 1. The van der Waals surface area contributed by atoms with E-state index >= 15 is 0 Å². The standard InChI is InChI=1S/C9H13N2O/c1-8-4-2-5-10-9(8)11-6-3-7-12/h4-5,12H,3,6-7H2,1H3,(H,10,11). The number of anilines is 1. The fraction of sp³-hybridized carbons (Fsp3) is 0.444. The quantitative estimate of drug-likeness (QED) is 0.654. The van der Waals surface area contributed by atoms with Gasteiger partial charge in [0.25, 0.3) is 0 Å². The van der Waals surface area contributed by atoms with Crippen LogP contribution in [0.2, 0.25) is 0 Å². The topological polar surface area (TPSA) is 45.2 Å².